The molecule has 10 nitrogen and oxygen atoms in total. The summed E-state index contributed by atoms with van der Waals surface area (Å²) in [6.07, 6.45) is 40.2. The summed E-state index contributed by atoms with van der Waals surface area (Å²) < 4.78 is 0. The van der Waals surface area contributed by atoms with Crippen LogP contribution in [0.25, 0.3) is 4.85 Å². The Labute approximate surface area is 585 Å². The number of aryl methyl sites for hydroxylation is 2. The molecule has 11 heteroatoms. The summed E-state index contributed by atoms with van der Waals surface area (Å²) in [5, 5.41) is 11.5. The molecule has 12 unspecified atom stereocenters. The molecule has 6 aromatic carbocycles. The predicted molar refractivity (Wildman–Crippen MR) is 391 cm³/mol. The van der Waals surface area contributed by atoms with Gasteiger partial charge in [0.15, 0.2) is 40.4 Å². The lowest BCUT2D eigenvalue weighted by atomic mass is 9.88. The molecule has 0 heterocycles. The Morgan fingerprint density at radius 1 is 0.408 bits per heavy atom. The van der Waals surface area contributed by atoms with Crippen molar-refractivity contribution in [1.82, 2.24) is 0 Å². The minimum Gasteiger partial charge on any atom is -0.295 e. The molecule has 0 aromatic heterocycles. The summed E-state index contributed by atoms with van der Waals surface area (Å²) in [7, 11) is 0. The van der Waals surface area contributed by atoms with E-state index in [0.717, 1.165) is 76.6 Å². The second-order valence-corrected chi connectivity index (χ2v) is 27.4. The van der Waals surface area contributed by atoms with Crippen molar-refractivity contribution in [3.63, 3.8) is 0 Å². The lowest BCUT2D eigenvalue weighted by Gasteiger charge is -2.14. The van der Waals surface area contributed by atoms with Crippen LogP contribution in [0.3, 0.4) is 0 Å². The van der Waals surface area contributed by atoms with Crippen molar-refractivity contribution in [2.75, 3.05) is 0 Å². The van der Waals surface area contributed by atoms with Gasteiger partial charge in [0.05, 0.1) is 22.1 Å². The molecular weight excluding hydrogens is 1240 g/mol. The van der Waals surface area contributed by atoms with E-state index in [9.17, 15) is 38.9 Å². The maximum absolute atomic E-state index is 12.3. The molecule has 0 aliphatic heterocycles. The van der Waals surface area contributed by atoms with E-state index in [4.69, 9.17) is 56.7 Å². The summed E-state index contributed by atoms with van der Waals surface area (Å²) in [6.45, 7) is 23.3. The third kappa shape index (κ3) is 17.0. The Hall–Kier alpha value is -10.1. The van der Waals surface area contributed by atoms with Crippen LogP contribution in [0, 0.1) is 176 Å². The number of nitrogens with zero attached hydrogens (tertiary/aromatic N) is 2. The number of fused-ring (bicyclic) bond motifs is 6. The van der Waals surface area contributed by atoms with Crippen LogP contribution in [-0.2, 0) is 38.5 Å². The predicted octanol–water partition coefficient (Wildman–Crippen LogP) is 17.9. The van der Waals surface area contributed by atoms with Crippen LogP contribution in [0.5, 0.6) is 0 Å². The highest BCUT2D eigenvalue weighted by atomic mass is 35.5. The fourth-order valence-electron chi connectivity index (χ4n) is 14.6. The molecule has 98 heavy (non-hydrogen) atoms. The quantitative estimate of drug-likeness (QED) is 0.0480. The number of nitro groups is 1. The summed E-state index contributed by atoms with van der Waals surface area (Å²) in [5.41, 5.74) is 13.3. The molecule has 0 amide bonds. The van der Waals surface area contributed by atoms with Crippen molar-refractivity contribution in [3.05, 3.63) is 220 Å². The van der Waals surface area contributed by atoms with E-state index in [2.05, 4.69) is 73.3 Å². The minimum absolute atomic E-state index is 0.00551. The molecule has 0 saturated carbocycles. The average molecular weight is 1320 g/mol. The van der Waals surface area contributed by atoms with E-state index in [1.54, 1.807) is 24.3 Å². The van der Waals surface area contributed by atoms with Crippen LogP contribution >= 0.6 is 11.6 Å². The maximum Gasteiger partial charge on any atom is 0.280 e. The maximum atomic E-state index is 12.3. The molecule has 6 aromatic rings. The van der Waals surface area contributed by atoms with Gasteiger partial charge in [-0.05, 0) is 138 Å². The van der Waals surface area contributed by atoms with Gasteiger partial charge in [-0.3, -0.25) is 38.9 Å². The van der Waals surface area contributed by atoms with Gasteiger partial charge >= 0.3 is 0 Å². The Kier molecular flexibility index (Phi) is 26.7. The summed E-state index contributed by atoms with van der Waals surface area (Å²) >= 11 is 6.05. The number of hydrogen-bond acceptors (Lipinski definition) is 8. The van der Waals surface area contributed by atoms with Crippen LogP contribution in [0.15, 0.2) is 115 Å². The van der Waals surface area contributed by atoms with Gasteiger partial charge in [0.2, 0.25) is 0 Å². The first kappa shape index (κ1) is 75.3. The van der Waals surface area contributed by atoms with Crippen LogP contribution < -0.4 is 0 Å². The summed E-state index contributed by atoms with van der Waals surface area (Å²) in [5.74, 6) is 18.0. The fraction of sp³-hybridized carbons (Fsp3) is 0.368. The largest absolute Gasteiger partial charge is 0.295 e. The number of hydrogen-bond donors (Lipinski definition) is 0. The van der Waals surface area contributed by atoms with Crippen molar-refractivity contribution in [3.8, 4) is 74.1 Å². The monoisotopic (exact) mass is 1320 g/mol. The molecule has 6 aliphatic rings. The molecule has 0 radical (unpaired) electrons. The van der Waals surface area contributed by atoms with E-state index in [1.807, 2.05) is 107 Å². The Morgan fingerprint density at radius 3 is 1.05 bits per heavy atom. The highest BCUT2D eigenvalue weighted by molar-refractivity contribution is 6.34. The molecular formula is C87H85ClN2O8. The number of ketones is 6. The highest BCUT2D eigenvalue weighted by Gasteiger charge is 2.41. The zero-order valence-electron chi connectivity index (χ0n) is 57.4. The first-order valence-corrected chi connectivity index (χ1v) is 33.9. The van der Waals surface area contributed by atoms with Crippen LogP contribution in [0.1, 0.15) is 187 Å². The Bertz CT molecular complexity index is 4150. The molecule has 6 aliphatic carbocycles. The van der Waals surface area contributed by atoms with E-state index in [1.165, 1.54) is 22.8 Å². The molecule has 0 spiro atoms. The number of nitro benzene ring substituents is 1. The van der Waals surface area contributed by atoms with Crippen LogP contribution in [-0.4, -0.2) is 39.6 Å². The molecule has 0 saturated heterocycles. The van der Waals surface area contributed by atoms with Crippen molar-refractivity contribution < 1.29 is 33.7 Å². The first-order chi connectivity index (χ1) is 46.9. The standard InChI is InChI=1S/C15H13NO.2C15H16O.C14H13ClO.C14H13NO3.C14H14O/c1-4-6-10(2)12-9-11-7-5-8-13(16-3)14(11)15(12)17;2*1-4-6-10(2)13-9-12-8-5-7-11(3)14(12)15(13)16;1-3-5-9(2)11-8-10-6-4-7-12(15)13(10)14(11)16;1-3-5-9(2)11-8-10-6-4-7-12(15(17)18)13(10)14(11)16;1-3-6-10(2)13-9-11-7-4-5-8-12(11)14(13)15/h1,5,7-8,10,12H,6,9H2,2H3;2*1,5,7-8,10,13H,6,9H2,2-3H3;1,4,6-7,9,11H,5,8H2,2H3;1,4,6-7,9,11H,5,8H2,2H3;1,4-5,7-8,10,13H,6,9H2,2H3. The summed E-state index contributed by atoms with van der Waals surface area (Å²) in [4.78, 5) is 87.2. The second kappa shape index (κ2) is 34.7. The molecule has 498 valence electrons. The number of carbonyl (C=O) groups is 6. The van der Waals surface area contributed by atoms with E-state index in [-0.39, 0.29) is 117 Å². The molecule has 12 rings (SSSR count). The first-order valence-electron chi connectivity index (χ1n) is 33.6. The smallest absolute Gasteiger partial charge is 0.280 e. The van der Waals surface area contributed by atoms with Crippen molar-refractivity contribution >= 4 is 57.7 Å². The average Bonchev–Trinajstić information content (AvgIpc) is 1.66. The van der Waals surface area contributed by atoms with Gasteiger partial charge in [0.25, 0.3) is 5.69 Å². The third-order valence-corrected chi connectivity index (χ3v) is 20.6. The number of Topliss-reactive ketones (excluding diaryl/α,β-unsaturated/α-hetero) is 6. The Morgan fingerprint density at radius 2 is 0.694 bits per heavy atom. The Balaban J connectivity index is 0.000000166. The zero-order valence-corrected chi connectivity index (χ0v) is 58.1. The number of rotatable bonds is 13. The summed E-state index contributed by atoms with van der Waals surface area (Å²) in [6, 6.07) is 35.9. The van der Waals surface area contributed by atoms with E-state index >= 15 is 0 Å². The van der Waals surface area contributed by atoms with Gasteiger partial charge in [-0.2, -0.15) is 0 Å². The molecule has 12 atom stereocenters. The minimum atomic E-state index is -0.495. The molecule has 0 fully saturated rings. The lowest BCUT2D eigenvalue weighted by Crippen LogP contribution is -2.18. The topological polar surface area (TPSA) is 150 Å². The van der Waals surface area contributed by atoms with Crippen molar-refractivity contribution in [2.24, 2.45) is 71.0 Å². The van der Waals surface area contributed by atoms with Gasteiger partial charge in [0.1, 0.15) is 0 Å². The fourth-order valence-corrected chi connectivity index (χ4v) is 14.9. The van der Waals surface area contributed by atoms with Crippen molar-refractivity contribution in [2.45, 2.75) is 132 Å². The van der Waals surface area contributed by atoms with Gasteiger partial charge in [-0.25, -0.2) is 4.85 Å². The highest BCUT2D eigenvalue weighted by Crippen LogP contribution is 2.42. The van der Waals surface area contributed by atoms with Gasteiger partial charge < -0.3 is 0 Å². The van der Waals surface area contributed by atoms with Gasteiger partial charge in [0, 0.05) is 108 Å². The third-order valence-electron chi connectivity index (χ3n) is 20.3. The number of terminal acetylenes is 6. The molecule has 0 N–H and O–H groups in total. The second-order valence-electron chi connectivity index (χ2n) is 27.0. The number of benzene rings is 6. The molecule has 0 bridgehead atoms. The van der Waals surface area contributed by atoms with Crippen LogP contribution in [0.4, 0.5) is 11.4 Å². The van der Waals surface area contributed by atoms with Crippen LogP contribution in [0.2, 0.25) is 5.02 Å². The lowest BCUT2D eigenvalue weighted by molar-refractivity contribution is -0.385. The zero-order chi connectivity index (χ0) is 71.7. The van der Waals surface area contributed by atoms with Crippen molar-refractivity contribution in [1.29, 1.82) is 0 Å². The van der Waals surface area contributed by atoms with Gasteiger partial charge in [-0.1, -0.05) is 156 Å². The number of halogens is 1. The van der Waals surface area contributed by atoms with E-state index < -0.39 is 4.92 Å². The SMILES string of the molecule is C#CCC(C)C1Cc2cccc(C)c2C1=O.C#CCC(C)C1Cc2cccc(C)c2C1=O.C#CCC(C)C1Cc2cccc(Cl)c2C1=O.C#CCC(C)C1Cc2cccc([N+](=O)[O-])c2C1=O.C#CCC(C)C1Cc2ccccc2C1=O.[C-]#[N+]c1cccc2c1C(=O)C(C(C)CC#C)C2. The van der Waals surface area contributed by atoms with Gasteiger partial charge in [-0.15, -0.1) is 74.1 Å². The normalized spacial score (nSPS) is 20.0. The number of carbonyl (C=O) groups excluding carboxylic acids is 6. The van der Waals surface area contributed by atoms with E-state index in [0.29, 0.717) is 66.8 Å².